The first-order valence-electron chi connectivity index (χ1n) is 11.6. The second-order valence-corrected chi connectivity index (χ2v) is 9.35. The molecule has 2 saturated heterocycles. The topological polar surface area (TPSA) is 190 Å². The number of benzene rings is 1. The average Bonchev–Trinajstić information content (AvgIpc) is 3.23. The zero-order valence-corrected chi connectivity index (χ0v) is 19.2. The Morgan fingerprint density at radius 1 is 0.944 bits per heavy atom. The summed E-state index contributed by atoms with van der Waals surface area (Å²) in [7, 11) is 0. The summed E-state index contributed by atoms with van der Waals surface area (Å²) >= 11 is 0. The summed E-state index contributed by atoms with van der Waals surface area (Å²) < 4.78 is 5.50. The molecule has 6 unspecified atom stereocenters. The van der Waals surface area contributed by atoms with Crippen molar-refractivity contribution in [3.8, 4) is 11.5 Å². The number of allylic oxidation sites excluding steroid dienone is 2. The number of hydrogen-bond acceptors (Lipinski definition) is 8. The van der Waals surface area contributed by atoms with Gasteiger partial charge in [-0.1, -0.05) is 23.8 Å². The lowest BCUT2D eigenvalue weighted by atomic mass is 9.57. The summed E-state index contributed by atoms with van der Waals surface area (Å²) in [6.07, 6.45) is 1.81. The van der Waals surface area contributed by atoms with Crippen molar-refractivity contribution in [3.63, 3.8) is 0 Å². The van der Waals surface area contributed by atoms with Crippen LogP contribution in [0, 0.1) is 29.6 Å². The van der Waals surface area contributed by atoms with Crippen molar-refractivity contribution in [2.24, 2.45) is 41.1 Å². The number of primary amides is 2. The standard InChI is InChI=1S/C24H24N4O8/c1-2-36-14-5-3-4-10(18(14)29)15-9-6-7-11-16(21(32)27(19(11)30)23(25)34)12(9)8-13-17(15)22(33)28(20(13)31)24(26)35/h3-6,11-13,15-17,29H,2,7-8H2,1H3,(H2,25,34)(H2,26,35). The monoisotopic (exact) mass is 496 g/mol. The number of carbonyl (C=O) groups is 6. The molecule has 0 spiro atoms. The molecule has 188 valence electrons. The molecule has 3 fully saturated rings. The van der Waals surface area contributed by atoms with Crippen LogP contribution in [0.25, 0.3) is 0 Å². The first-order chi connectivity index (χ1) is 17.1. The maximum atomic E-state index is 13.3. The predicted octanol–water partition coefficient (Wildman–Crippen LogP) is 0.584. The molecule has 0 radical (unpaired) electrons. The third-order valence-corrected chi connectivity index (χ3v) is 7.75. The number of ether oxygens (including phenoxy) is 1. The number of amides is 8. The molecule has 2 aliphatic carbocycles. The Morgan fingerprint density at radius 3 is 2.17 bits per heavy atom. The second kappa shape index (κ2) is 8.18. The summed E-state index contributed by atoms with van der Waals surface area (Å²) in [6, 6.07) is 2.35. The van der Waals surface area contributed by atoms with Gasteiger partial charge in [-0.2, -0.15) is 9.80 Å². The van der Waals surface area contributed by atoms with E-state index in [1.165, 1.54) is 0 Å². The number of fused-ring (bicyclic) bond motifs is 4. The van der Waals surface area contributed by atoms with E-state index < -0.39 is 71.2 Å². The third-order valence-electron chi connectivity index (χ3n) is 7.75. The van der Waals surface area contributed by atoms with Gasteiger partial charge in [-0.05, 0) is 31.7 Å². The predicted molar refractivity (Wildman–Crippen MR) is 120 cm³/mol. The van der Waals surface area contributed by atoms with Gasteiger partial charge in [0, 0.05) is 11.5 Å². The van der Waals surface area contributed by atoms with Crippen molar-refractivity contribution in [2.75, 3.05) is 6.61 Å². The molecular weight excluding hydrogens is 472 g/mol. The third kappa shape index (κ3) is 3.06. The van der Waals surface area contributed by atoms with E-state index in [-0.39, 0.29) is 36.5 Å². The number of phenols is 1. The molecule has 4 aliphatic rings. The number of para-hydroxylation sites is 1. The van der Waals surface area contributed by atoms with E-state index in [1.54, 1.807) is 31.2 Å². The largest absolute Gasteiger partial charge is 0.504 e. The van der Waals surface area contributed by atoms with Gasteiger partial charge in [0.2, 0.25) is 23.6 Å². The maximum absolute atomic E-state index is 13.3. The molecule has 12 nitrogen and oxygen atoms in total. The Hall–Kier alpha value is -4.22. The number of rotatable bonds is 3. The summed E-state index contributed by atoms with van der Waals surface area (Å²) in [6.45, 7) is 1.99. The number of carbonyl (C=O) groups excluding carboxylic acids is 6. The molecule has 0 aromatic heterocycles. The van der Waals surface area contributed by atoms with Crippen LogP contribution in [0.3, 0.4) is 0 Å². The Morgan fingerprint density at radius 2 is 1.56 bits per heavy atom. The number of urea groups is 2. The van der Waals surface area contributed by atoms with E-state index in [0.29, 0.717) is 15.4 Å². The fraction of sp³-hybridized carbons (Fsp3) is 0.417. The van der Waals surface area contributed by atoms with Crippen LogP contribution in [0.5, 0.6) is 11.5 Å². The minimum atomic E-state index is -1.22. The summed E-state index contributed by atoms with van der Waals surface area (Å²) in [5, 5.41) is 11.1. The number of nitrogens with two attached hydrogens (primary N) is 2. The van der Waals surface area contributed by atoms with Crippen molar-refractivity contribution in [1.29, 1.82) is 0 Å². The van der Waals surface area contributed by atoms with Crippen LogP contribution in [-0.4, -0.2) is 57.2 Å². The Balaban J connectivity index is 1.68. The van der Waals surface area contributed by atoms with Crippen LogP contribution in [0.2, 0.25) is 0 Å². The normalized spacial score (nSPS) is 31.1. The zero-order valence-electron chi connectivity index (χ0n) is 19.2. The van der Waals surface area contributed by atoms with Gasteiger partial charge >= 0.3 is 12.1 Å². The van der Waals surface area contributed by atoms with Gasteiger partial charge in [-0.15, -0.1) is 0 Å². The molecule has 5 rings (SSSR count). The molecule has 5 N–H and O–H groups in total. The van der Waals surface area contributed by atoms with Gasteiger partial charge in [-0.3, -0.25) is 19.2 Å². The highest BCUT2D eigenvalue weighted by Gasteiger charge is 2.63. The number of phenolic OH excluding ortho intramolecular Hbond substituents is 1. The Bertz CT molecular complexity index is 1270. The van der Waals surface area contributed by atoms with Crippen LogP contribution >= 0.6 is 0 Å². The number of hydrogen-bond donors (Lipinski definition) is 3. The zero-order chi connectivity index (χ0) is 26.0. The molecule has 12 heteroatoms. The lowest BCUT2D eigenvalue weighted by Crippen LogP contribution is -2.44. The van der Waals surface area contributed by atoms with Crippen molar-refractivity contribution in [3.05, 3.63) is 35.4 Å². The summed E-state index contributed by atoms with van der Waals surface area (Å²) in [5.74, 6) is -8.67. The molecule has 1 aromatic carbocycles. The lowest BCUT2D eigenvalue weighted by molar-refractivity contribution is -0.138. The average molecular weight is 496 g/mol. The van der Waals surface area contributed by atoms with Crippen molar-refractivity contribution >= 4 is 35.7 Å². The molecule has 0 bridgehead atoms. The molecule has 1 saturated carbocycles. The second-order valence-electron chi connectivity index (χ2n) is 9.35. The molecule has 1 aromatic rings. The first kappa shape index (κ1) is 23.5. The van der Waals surface area contributed by atoms with E-state index in [0.717, 1.165) is 0 Å². The van der Waals surface area contributed by atoms with Gasteiger partial charge in [0.15, 0.2) is 11.5 Å². The minimum absolute atomic E-state index is 0.0138. The first-order valence-corrected chi connectivity index (χ1v) is 11.6. The van der Waals surface area contributed by atoms with Gasteiger partial charge < -0.3 is 21.3 Å². The highest BCUT2D eigenvalue weighted by molar-refractivity contribution is 6.18. The van der Waals surface area contributed by atoms with Gasteiger partial charge in [0.1, 0.15) is 0 Å². The van der Waals surface area contributed by atoms with Crippen LogP contribution < -0.4 is 16.2 Å². The fourth-order valence-corrected chi connectivity index (χ4v) is 6.43. The van der Waals surface area contributed by atoms with Crippen LogP contribution in [0.15, 0.2) is 29.8 Å². The van der Waals surface area contributed by atoms with Crippen LogP contribution in [0.4, 0.5) is 9.59 Å². The van der Waals surface area contributed by atoms with Crippen molar-refractivity contribution in [1.82, 2.24) is 9.80 Å². The number of nitrogens with zero attached hydrogens (tertiary/aromatic N) is 2. The van der Waals surface area contributed by atoms with E-state index in [9.17, 15) is 33.9 Å². The highest BCUT2D eigenvalue weighted by Crippen LogP contribution is 2.59. The Kier molecular flexibility index (Phi) is 5.34. The van der Waals surface area contributed by atoms with E-state index in [4.69, 9.17) is 16.2 Å². The molecule has 2 heterocycles. The Labute approximate surface area is 204 Å². The minimum Gasteiger partial charge on any atom is -0.504 e. The molecule has 6 atom stereocenters. The molecular formula is C24H24N4O8. The number of aromatic hydroxyl groups is 1. The molecule has 8 amide bonds. The maximum Gasteiger partial charge on any atom is 0.328 e. The quantitative estimate of drug-likeness (QED) is 0.400. The van der Waals surface area contributed by atoms with Crippen molar-refractivity contribution < 1.29 is 38.6 Å². The van der Waals surface area contributed by atoms with Gasteiger partial charge in [-0.25, -0.2) is 9.59 Å². The van der Waals surface area contributed by atoms with E-state index in [1.807, 2.05) is 0 Å². The van der Waals surface area contributed by atoms with Crippen LogP contribution in [-0.2, 0) is 19.2 Å². The van der Waals surface area contributed by atoms with Gasteiger partial charge in [0.25, 0.3) is 0 Å². The van der Waals surface area contributed by atoms with E-state index >= 15 is 0 Å². The number of likely N-dealkylation sites (tertiary alicyclic amines) is 2. The van der Waals surface area contributed by atoms with Gasteiger partial charge in [0.05, 0.1) is 30.3 Å². The SMILES string of the molecule is CCOc1cccc(C2C3=CCC4C(=O)N(C(N)=O)C(=O)C4C3CC3C(=O)N(C(N)=O)C(=O)C32)c1O. The van der Waals surface area contributed by atoms with Crippen LogP contribution in [0.1, 0.15) is 31.2 Å². The van der Waals surface area contributed by atoms with Crippen molar-refractivity contribution in [2.45, 2.75) is 25.7 Å². The lowest BCUT2D eigenvalue weighted by Gasteiger charge is -2.44. The summed E-state index contributed by atoms with van der Waals surface area (Å²) in [4.78, 5) is 77.1. The highest BCUT2D eigenvalue weighted by atomic mass is 16.5. The fourth-order valence-electron chi connectivity index (χ4n) is 6.43. The summed E-state index contributed by atoms with van der Waals surface area (Å²) in [5.41, 5.74) is 11.5. The van der Waals surface area contributed by atoms with E-state index in [2.05, 4.69) is 0 Å². The molecule has 36 heavy (non-hydrogen) atoms. The number of imide groups is 6. The molecule has 2 aliphatic heterocycles. The smallest absolute Gasteiger partial charge is 0.328 e.